The molecule has 0 saturated carbocycles. The van der Waals surface area contributed by atoms with Crippen molar-refractivity contribution >= 4 is 22.4 Å². The zero-order valence-electron chi connectivity index (χ0n) is 13.4. The van der Waals surface area contributed by atoms with Gasteiger partial charge in [-0.2, -0.15) is 18.3 Å². The van der Waals surface area contributed by atoms with E-state index >= 15 is 0 Å². The number of halogens is 3. The van der Waals surface area contributed by atoms with Gasteiger partial charge in [0.1, 0.15) is 12.3 Å². The van der Waals surface area contributed by atoms with Gasteiger partial charge in [0, 0.05) is 17.1 Å². The Morgan fingerprint density at radius 3 is 2.62 bits per heavy atom. The Hall–Kier alpha value is -2.88. The second-order valence-corrected chi connectivity index (χ2v) is 6.07. The maximum atomic E-state index is 12.5. The van der Waals surface area contributed by atoms with Gasteiger partial charge in [-0.15, -0.1) is 11.3 Å². The lowest BCUT2D eigenvalue weighted by Gasteiger charge is -2.03. The van der Waals surface area contributed by atoms with Crippen LogP contribution in [-0.2, 0) is 17.5 Å². The first kappa shape index (κ1) is 17.9. The second-order valence-electron chi connectivity index (χ2n) is 5.21. The fraction of sp³-hybridized carbons (Fsp3) is 0.188. The third-order valence-electron chi connectivity index (χ3n) is 3.37. The van der Waals surface area contributed by atoms with Crippen molar-refractivity contribution in [2.45, 2.75) is 12.7 Å². The molecule has 0 radical (unpaired) electrons. The van der Waals surface area contributed by atoms with Crippen LogP contribution in [0.3, 0.4) is 0 Å². The molecule has 1 aromatic carbocycles. The number of alkyl halides is 3. The lowest BCUT2D eigenvalue weighted by atomic mass is 10.2. The number of carbonyl (C=O) groups is 1. The number of methoxy groups -OCH3 is 1. The first-order chi connectivity index (χ1) is 12.3. The van der Waals surface area contributed by atoms with E-state index < -0.39 is 17.8 Å². The van der Waals surface area contributed by atoms with Gasteiger partial charge in [0.25, 0.3) is 0 Å². The molecular weight excluding hydrogens is 369 g/mol. The normalized spacial score (nSPS) is 11.4. The SMILES string of the molecule is COc1ccc(-c2csc(NC(=O)Cn3ccc(C(F)(F)F)n3)n2)cc1. The third kappa shape index (κ3) is 4.20. The minimum Gasteiger partial charge on any atom is -0.497 e. The molecule has 0 aliphatic rings. The Labute approximate surface area is 150 Å². The summed E-state index contributed by atoms with van der Waals surface area (Å²) in [5.74, 6) is 0.201. The quantitative estimate of drug-likeness (QED) is 0.731. The predicted octanol–water partition coefficient (Wildman–Crippen LogP) is 3.67. The van der Waals surface area contributed by atoms with E-state index in [-0.39, 0.29) is 6.54 Å². The summed E-state index contributed by atoms with van der Waals surface area (Å²) in [6, 6.07) is 8.08. The van der Waals surface area contributed by atoms with Crippen LogP contribution in [0.5, 0.6) is 5.75 Å². The highest BCUT2D eigenvalue weighted by molar-refractivity contribution is 7.14. The number of thiazole rings is 1. The number of nitrogens with one attached hydrogen (secondary N) is 1. The highest BCUT2D eigenvalue weighted by Crippen LogP contribution is 2.28. The van der Waals surface area contributed by atoms with E-state index in [9.17, 15) is 18.0 Å². The Kier molecular flexibility index (Phi) is 4.94. The summed E-state index contributed by atoms with van der Waals surface area (Å²) in [6.07, 6.45) is -3.43. The summed E-state index contributed by atoms with van der Waals surface area (Å²) in [4.78, 5) is 16.3. The minimum atomic E-state index is -4.54. The summed E-state index contributed by atoms with van der Waals surface area (Å²) in [7, 11) is 1.57. The molecule has 136 valence electrons. The molecule has 0 fully saturated rings. The van der Waals surface area contributed by atoms with Crippen molar-refractivity contribution in [3.8, 4) is 17.0 Å². The number of anilines is 1. The predicted molar refractivity (Wildman–Crippen MR) is 90.0 cm³/mol. The van der Waals surface area contributed by atoms with Crippen LogP contribution in [0.15, 0.2) is 41.9 Å². The average Bonchev–Trinajstić information content (AvgIpc) is 3.24. The van der Waals surface area contributed by atoms with Gasteiger partial charge in [-0.25, -0.2) is 4.98 Å². The van der Waals surface area contributed by atoms with Gasteiger partial charge in [-0.3, -0.25) is 9.48 Å². The molecule has 0 saturated heterocycles. The number of hydrogen-bond donors (Lipinski definition) is 1. The molecule has 3 aromatic rings. The molecule has 0 bridgehead atoms. The first-order valence-corrected chi connectivity index (χ1v) is 8.23. The van der Waals surface area contributed by atoms with E-state index in [1.807, 2.05) is 12.1 Å². The molecular formula is C16H13F3N4O2S. The van der Waals surface area contributed by atoms with Crippen molar-refractivity contribution in [2.75, 3.05) is 12.4 Å². The summed E-state index contributed by atoms with van der Waals surface area (Å²) in [6.45, 7) is -0.340. The van der Waals surface area contributed by atoms with Crippen LogP contribution in [0.25, 0.3) is 11.3 Å². The van der Waals surface area contributed by atoms with Crippen LogP contribution in [0.4, 0.5) is 18.3 Å². The summed E-state index contributed by atoms with van der Waals surface area (Å²) >= 11 is 1.22. The molecule has 1 N–H and O–H groups in total. The van der Waals surface area contributed by atoms with Gasteiger partial charge < -0.3 is 10.1 Å². The van der Waals surface area contributed by atoms with E-state index in [4.69, 9.17) is 4.74 Å². The van der Waals surface area contributed by atoms with E-state index in [0.717, 1.165) is 28.3 Å². The highest BCUT2D eigenvalue weighted by Gasteiger charge is 2.33. The number of amides is 1. The maximum Gasteiger partial charge on any atom is 0.435 e. The zero-order valence-corrected chi connectivity index (χ0v) is 14.3. The molecule has 0 aliphatic heterocycles. The topological polar surface area (TPSA) is 69.0 Å². The van der Waals surface area contributed by atoms with Gasteiger partial charge >= 0.3 is 6.18 Å². The van der Waals surface area contributed by atoms with E-state index in [0.29, 0.717) is 10.8 Å². The molecule has 0 unspecified atom stereocenters. The van der Waals surface area contributed by atoms with Crippen molar-refractivity contribution in [1.29, 1.82) is 0 Å². The maximum absolute atomic E-state index is 12.5. The average molecular weight is 382 g/mol. The minimum absolute atomic E-state index is 0.340. The number of hydrogen-bond acceptors (Lipinski definition) is 5. The molecule has 0 atom stereocenters. The van der Waals surface area contributed by atoms with Crippen molar-refractivity contribution in [3.63, 3.8) is 0 Å². The number of aromatic nitrogens is 3. The van der Waals surface area contributed by atoms with E-state index in [2.05, 4.69) is 15.4 Å². The third-order valence-corrected chi connectivity index (χ3v) is 4.13. The first-order valence-electron chi connectivity index (χ1n) is 7.35. The molecule has 26 heavy (non-hydrogen) atoms. The molecule has 3 rings (SSSR count). The Morgan fingerprint density at radius 2 is 2.00 bits per heavy atom. The molecule has 2 aromatic heterocycles. The van der Waals surface area contributed by atoms with Crippen LogP contribution >= 0.6 is 11.3 Å². The molecule has 2 heterocycles. The molecule has 0 aliphatic carbocycles. The summed E-state index contributed by atoms with van der Waals surface area (Å²) in [5, 5.41) is 8.01. The van der Waals surface area contributed by atoms with E-state index in [1.54, 1.807) is 24.6 Å². The smallest absolute Gasteiger partial charge is 0.435 e. The van der Waals surface area contributed by atoms with Crippen LogP contribution in [-0.4, -0.2) is 27.8 Å². The number of nitrogens with zero attached hydrogens (tertiary/aromatic N) is 3. The van der Waals surface area contributed by atoms with Gasteiger partial charge in [0.2, 0.25) is 5.91 Å². The molecule has 0 spiro atoms. The standard InChI is InChI=1S/C16H13F3N4O2S/c1-25-11-4-2-10(3-5-11)12-9-26-15(20-12)21-14(24)8-23-7-6-13(22-23)16(17,18)19/h2-7,9H,8H2,1H3,(H,20,21,24). The molecule has 10 heteroatoms. The van der Waals surface area contributed by atoms with Crippen LogP contribution < -0.4 is 10.1 Å². The van der Waals surface area contributed by atoms with E-state index in [1.165, 1.54) is 11.3 Å². The number of ether oxygens (including phenoxy) is 1. The van der Waals surface area contributed by atoms with Gasteiger partial charge in [-0.1, -0.05) is 0 Å². The zero-order chi connectivity index (χ0) is 18.7. The van der Waals surface area contributed by atoms with Crippen molar-refractivity contribution in [2.24, 2.45) is 0 Å². The highest BCUT2D eigenvalue weighted by atomic mass is 32.1. The summed E-state index contributed by atoms with van der Waals surface area (Å²) < 4.78 is 43.5. The fourth-order valence-electron chi connectivity index (χ4n) is 2.13. The second kappa shape index (κ2) is 7.16. The summed E-state index contributed by atoms with van der Waals surface area (Å²) in [5.41, 5.74) is 0.484. The lowest BCUT2D eigenvalue weighted by Crippen LogP contribution is -2.19. The molecule has 1 amide bonds. The Bertz CT molecular complexity index is 903. The lowest BCUT2D eigenvalue weighted by molar-refractivity contribution is -0.141. The van der Waals surface area contributed by atoms with Gasteiger partial charge in [-0.05, 0) is 30.3 Å². The number of benzene rings is 1. The van der Waals surface area contributed by atoms with Gasteiger partial charge in [0.15, 0.2) is 10.8 Å². The monoisotopic (exact) mass is 382 g/mol. The Morgan fingerprint density at radius 1 is 1.27 bits per heavy atom. The van der Waals surface area contributed by atoms with Crippen LogP contribution in [0.1, 0.15) is 5.69 Å². The van der Waals surface area contributed by atoms with Crippen molar-refractivity contribution in [1.82, 2.24) is 14.8 Å². The van der Waals surface area contributed by atoms with Crippen LogP contribution in [0.2, 0.25) is 0 Å². The van der Waals surface area contributed by atoms with Crippen LogP contribution in [0, 0.1) is 0 Å². The number of carbonyl (C=O) groups excluding carboxylic acids is 1. The number of rotatable bonds is 5. The van der Waals surface area contributed by atoms with Crippen molar-refractivity contribution in [3.05, 3.63) is 47.6 Å². The fourth-order valence-corrected chi connectivity index (χ4v) is 2.87. The largest absolute Gasteiger partial charge is 0.497 e. The molecule has 6 nitrogen and oxygen atoms in total. The Balaban J connectivity index is 1.63. The van der Waals surface area contributed by atoms with Gasteiger partial charge in [0.05, 0.1) is 12.8 Å². The van der Waals surface area contributed by atoms with Crippen molar-refractivity contribution < 1.29 is 22.7 Å².